The van der Waals surface area contributed by atoms with Crippen molar-refractivity contribution in [3.05, 3.63) is 71.8 Å². The predicted molar refractivity (Wildman–Crippen MR) is 124 cm³/mol. The van der Waals surface area contributed by atoms with Crippen LogP contribution in [0.2, 0.25) is 0 Å². The fraction of sp³-hybridized carbons (Fsp3) is 0.385. The molecule has 2 aromatic rings. The van der Waals surface area contributed by atoms with Crippen molar-refractivity contribution in [1.82, 2.24) is 0 Å². The molecule has 0 aromatic heterocycles. The van der Waals surface area contributed by atoms with Crippen molar-refractivity contribution < 1.29 is 23.8 Å². The summed E-state index contributed by atoms with van der Waals surface area (Å²) in [5.41, 5.74) is 2.03. The molecule has 1 saturated carbocycles. The van der Waals surface area contributed by atoms with Gasteiger partial charge >= 0.3 is 11.9 Å². The van der Waals surface area contributed by atoms with E-state index >= 15 is 0 Å². The van der Waals surface area contributed by atoms with Crippen molar-refractivity contribution in [3.63, 3.8) is 0 Å². The first-order valence-electron chi connectivity index (χ1n) is 9.90. The van der Waals surface area contributed by atoms with E-state index < -0.39 is 11.9 Å². The molecule has 0 aliphatic heterocycles. The number of carbonyl (C=O) groups excluding carboxylic acids is 2. The predicted octanol–water partition coefficient (Wildman–Crippen LogP) is 6.68. The molecule has 0 saturated heterocycles. The number of hydrogen-bond acceptors (Lipinski definition) is 5. The lowest BCUT2D eigenvalue weighted by molar-refractivity contribution is -0.145. The Hall–Kier alpha value is -3.08. The monoisotopic (exact) mass is 426 g/mol. The zero-order valence-corrected chi connectivity index (χ0v) is 16.7. The van der Waals surface area contributed by atoms with E-state index in [4.69, 9.17) is 14.2 Å². The van der Waals surface area contributed by atoms with Crippen LogP contribution in [0.3, 0.4) is 0 Å². The molecule has 0 unspecified atom stereocenters. The number of benzene rings is 2. The average molecular weight is 427 g/mol. The molecule has 0 spiro atoms. The van der Waals surface area contributed by atoms with E-state index in [2.05, 4.69) is 18.7 Å². The van der Waals surface area contributed by atoms with Gasteiger partial charge in [0.1, 0.15) is 11.5 Å². The minimum absolute atomic E-state index is 0. The summed E-state index contributed by atoms with van der Waals surface area (Å²) >= 11 is 0. The standard InChI is InChI=1S/C24H26O5.2CH4/c1-17(2)23(25)28-16-27-21-12-10-20(11-13-21)24(26)29-22-14-8-19(9-15-22)18-6-4-3-5-7-18;;/h8-15,18H,1,3-7,16H2,2H3;2*1H4. The second-order valence-corrected chi connectivity index (χ2v) is 7.29. The summed E-state index contributed by atoms with van der Waals surface area (Å²) in [5, 5.41) is 0. The first-order chi connectivity index (χ1) is 14.0. The Kier molecular flexibility index (Phi) is 10.5. The van der Waals surface area contributed by atoms with Crippen LogP contribution in [0.1, 0.15) is 75.7 Å². The Morgan fingerprint density at radius 2 is 1.48 bits per heavy atom. The lowest BCUT2D eigenvalue weighted by Gasteiger charge is -2.22. The van der Waals surface area contributed by atoms with Gasteiger partial charge in [-0.25, -0.2) is 9.59 Å². The molecule has 2 aromatic carbocycles. The van der Waals surface area contributed by atoms with Crippen LogP contribution in [-0.2, 0) is 9.53 Å². The summed E-state index contributed by atoms with van der Waals surface area (Å²) in [5.74, 6) is 0.681. The van der Waals surface area contributed by atoms with Crippen molar-refractivity contribution >= 4 is 11.9 Å². The molecule has 0 atom stereocenters. The Labute approximate surface area is 186 Å². The first kappa shape index (κ1) is 26.0. The Morgan fingerprint density at radius 1 is 0.903 bits per heavy atom. The SMILES string of the molecule is C.C.C=C(C)C(=O)OCOc1ccc(C(=O)Oc2ccc(C3CCCCC3)cc2)cc1. The van der Waals surface area contributed by atoms with Gasteiger partial charge in [0.05, 0.1) is 5.56 Å². The molecule has 31 heavy (non-hydrogen) atoms. The second-order valence-electron chi connectivity index (χ2n) is 7.29. The maximum absolute atomic E-state index is 12.3. The largest absolute Gasteiger partial charge is 0.457 e. The van der Waals surface area contributed by atoms with Gasteiger partial charge < -0.3 is 14.2 Å². The maximum atomic E-state index is 12.3. The zero-order chi connectivity index (χ0) is 20.6. The van der Waals surface area contributed by atoms with E-state index in [1.165, 1.54) is 37.7 Å². The molecule has 0 amide bonds. The van der Waals surface area contributed by atoms with Gasteiger partial charge in [-0.3, -0.25) is 0 Å². The number of esters is 2. The quantitative estimate of drug-likeness (QED) is 0.214. The molecule has 0 bridgehead atoms. The summed E-state index contributed by atoms with van der Waals surface area (Å²) in [4.78, 5) is 23.6. The van der Waals surface area contributed by atoms with E-state index in [0.29, 0.717) is 28.6 Å². The van der Waals surface area contributed by atoms with Crippen molar-refractivity contribution in [2.75, 3.05) is 6.79 Å². The number of hydrogen-bond donors (Lipinski definition) is 0. The van der Waals surface area contributed by atoms with Crippen molar-refractivity contribution in [2.45, 2.75) is 59.8 Å². The lowest BCUT2D eigenvalue weighted by atomic mass is 9.84. The zero-order valence-electron chi connectivity index (χ0n) is 16.7. The molecule has 3 rings (SSSR count). The molecular weight excluding hydrogens is 392 g/mol. The van der Waals surface area contributed by atoms with Gasteiger partial charge in [0.15, 0.2) is 0 Å². The number of rotatable bonds is 7. The van der Waals surface area contributed by atoms with Crippen LogP contribution in [0, 0.1) is 0 Å². The van der Waals surface area contributed by atoms with Crippen molar-refractivity contribution in [2.24, 2.45) is 0 Å². The van der Waals surface area contributed by atoms with Gasteiger partial charge in [0.25, 0.3) is 0 Å². The normalized spacial score (nSPS) is 13.2. The van der Waals surface area contributed by atoms with Gasteiger partial charge in [-0.15, -0.1) is 0 Å². The summed E-state index contributed by atoms with van der Waals surface area (Å²) in [6.45, 7) is 4.84. The third-order valence-corrected chi connectivity index (χ3v) is 5.02. The molecule has 1 fully saturated rings. The highest BCUT2D eigenvalue weighted by atomic mass is 16.7. The first-order valence-corrected chi connectivity index (χ1v) is 9.90. The molecule has 1 aliphatic rings. The fourth-order valence-electron chi connectivity index (χ4n) is 3.37. The average Bonchev–Trinajstić information content (AvgIpc) is 2.75. The molecule has 5 heteroatoms. The summed E-state index contributed by atoms with van der Waals surface area (Å²) in [6.07, 6.45) is 6.38. The van der Waals surface area contributed by atoms with Crippen LogP contribution in [0.4, 0.5) is 0 Å². The summed E-state index contributed by atoms with van der Waals surface area (Å²) in [7, 11) is 0. The molecule has 0 heterocycles. The van der Waals surface area contributed by atoms with Gasteiger partial charge in [-0.2, -0.15) is 0 Å². The summed E-state index contributed by atoms with van der Waals surface area (Å²) < 4.78 is 15.6. The Balaban J connectivity index is 0.00000240. The Morgan fingerprint density at radius 3 is 2.06 bits per heavy atom. The highest BCUT2D eigenvalue weighted by molar-refractivity contribution is 5.91. The van der Waals surface area contributed by atoms with Gasteiger partial charge in [-0.1, -0.05) is 52.8 Å². The van der Waals surface area contributed by atoms with E-state index in [1.807, 2.05) is 12.1 Å². The third-order valence-electron chi connectivity index (χ3n) is 5.02. The highest BCUT2D eigenvalue weighted by Crippen LogP contribution is 2.33. The fourth-order valence-corrected chi connectivity index (χ4v) is 3.37. The van der Waals surface area contributed by atoms with Crippen LogP contribution in [-0.4, -0.2) is 18.7 Å². The second kappa shape index (κ2) is 12.6. The van der Waals surface area contributed by atoms with E-state index in [-0.39, 0.29) is 21.6 Å². The van der Waals surface area contributed by atoms with Crippen LogP contribution >= 0.6 is 0 Å². The molecule has 0 N–H and O–H groups in total. The minimum Gasteiger partial charge on any atom is -0.457 e. The lowest BCUT2D eigenvalue weighted by Crippen LogP contribution is -2.11. The number of ether oxygens (including phenoxy) is 3. The topological polar surface area (TPSA) is 61.8 Å². The van der Waals surface area contributed by atoms with Gasteiger partial charge in [0.2, 0.25) is 6.79 Å². The molecule has 1 aliphatic carbocycles. The maximum Gasteiger partial charge on any atom is 0.343 e. The third kappa shape index (κ3) is 7.59. The van der Waals surface area contributed by atoms with Crippen LogP contribution in [0.25, 0.3) is 0 Å². The summed E-state index contributed by atoms with van der Waals surface area (Å²) in [6, 6.07) is 14.3. The van der Waals surface area contributed by atoms with Crippen LogP contribution in [0.15, 0.2) is 60.7 Å². The molecular formula is C26H34O5. The number of carbonyl (C=O) groups is 2. The van der Waals surface area contributed by atoms with Crippen molar-refractivity contribution in [3.8, 4) is 11.5 Å². The Bertz CT molecular complexity index is 846. The van der Waals surface area contributed by atoms with Crippen molar-refractivity contribution in [1.29, 1.82) is 0 Å². The van der Waals surface area contributed by atoms with E-state index in [0.717, 1.165) is 0 Å². The van der Waals surface area contributed by atoms with Gasteiger partial charge in [0, 0.05) is 5.57 Å². The van der Waals surface area contributed by atoms with E-state index in [9.17, 15) is 9.59 Å². The van der Waals surface area contributed by atoms with E-state index in [1.54, 1.807) is 31.2 Å². The van der Waals surface area contributed by atoms with Crippen LogP contribution in [0.5, 0.6) is 11.5 Å². The molecule has 5 nitrogen and oxygen atoms in total. The van der Waals surface area contributed by atoms with Crippen LogP contribution < -0.4 is 9.47 Å². The minimum atomic E-state index is -0.514. The van der Waals surface area contributed by atoms with Gasteiger partial charge in [-0.05, 0) is 67.6 Å². The highest BCUT2D eigenvalue weighted by Gasteiger charge is 2.16. The molecule has 0 radical (unpaired) electrons. The molecule has 168 valence electrons. The smallest absolute Gasteiger partial charge is 0.343 e.